The summed E-state index contributed by atoms with van der Waals surface area (Å²) in [5.74, 6) is 1.63. The number of rotatable bonds is 3. The van der Waals surface area contributed by atoms with Crippen LogP contribution in [0.15, 0.2) is 18.2 Å². The summed E-state index contributed by atoms with van der Waals surface area (Å²) in [7, 11) is 0. The first-order chi connectivity index (χ1) is 8.88. The molecule has 2 aliphatic heterocycles. The zero-order valence-corrected chi connectivity index (χ0v) is 10.3. The van der Waals surface area contributed by atoms with Gasteiger partial charge in [-0.2, -0.15) is 0 Å². The monoisotopic (exact) mass is 250 g/mol. The zero-order chi connectivity index (χ0) is 12.4. The van der Waals surface area contributed by atoms with Crippen molar-refractivity contribution in [2.75, 3.05) is 39.6 Å². The highest BCUT2D eigenvalue weighted by molar-refractivity contribution is 5.45. The quantitative estimate of drug-likeness (QED) is 0.857. The third kappa shape index (κ3) is 2.16. The number of fused-ring (bicyclic) bond motifs is 1. The molecule has 0 spiro atoms. The van der Waals surface area contributed by atoms with Gasteiger partial charge in [0.1, 0.15) is 0 Å². The lowest BCUT2D eigenvalue weighted by Crippen LogP contribution is -2.41. The second-order valence-electron chi connectivity index (χ2n) is 4.51. The summed E-state index contributed by atoms with van der Waals surface area (Å²) in [6.45, 7) is 4.32. The van der Waals surface area contributed by atoms with E-state index in [1.807, 2.05) is 12.1 Å². The second kappa shape index (κ2) is 5.14. The van der Waals surface area contributed by atoms with E-state index in [9.17, 15) is 0 Å². The van der Waals surface area contributed by atoms with Crippen molar-refractivity contribution in [3.63, 3.8) is 0 Å². The van der Waals surface area contributed by atoms with Gasteiger partial charge in [-0.1, -0.05) is 6.07 Å². The van der Waals surface area contributed by atoms with Crippen molar-refractivity contribution >= 4 is 0 Å². The molecular formula is C13H18N2O3. The average molecular weight is 250 g/mol. The molecule has 18 heavy (non-hydrogen) atoms. The van der Waals surface area contributed by atoms with Gasteiger partial charge in [0.05, 0.1) is 13.2 Å². The molecule has 0 amide bonds. The molecule has 0 unspecified atom stereocenters. The molecule has 1 fully saturated rings. The van der Waals surface area contributed by atoms with Crippen LogP contribution < -0.4 is 15.2 Å². The summed E-state index contributed by atoms with van der Waals surface area (Å²) in [6, 6.07) is 6.29. The standard InChI is InChI=1S/C13H18N2O3/c14-8-11(15-3-5-16-6-4-15)10-1-2-12-13(7-10)18-9-17-12/h1-2,7,11H,3-6,8-9,14H2/t11-/m1/s1. The van der Waals surface area contributed by atoms with Gasteiger partial charge in [-0.25, -0.2) is 0 Å². The summed E-state index contributed by atoms with van der Waals surface area (Å²) >= 11 is 0. The number of nitrogens with two attached hydrogens (primary N) is 1. The highest BCUT2D eigenvalue weighted by atomic mass is 16.7. The Balaban J connectivity index is 1.82. The zero-order valence-electron chi connectivity index (χ0n) is 10.3. The first-order valence-corrected chi connectivity index (χ1v) is 6.30. The first kappa shape index (κ1) is 11.8. The SMILES string of the molecule is NC[C@H](c1ccc2c(c1)OCO2)N1CCOCC1. The van der Waals surface area contributed by atoms with Crippen LogP contribution in [0, 0.1) is 0 Å². The lowest BCUT2D eigenvalue weighted by Gasteiger charge is -2.34. The summed E-state index contributed by atoms with van der Waals surface area (Å²) in [5, 5.41) is 0. The molecule has 5 heteroatoms. The molecule has 2 aliphatic rings. The Hall–Kier alpha value is -1.30. The summed E-state index contributed by atoms with van der Waals surface area (Å²) < 4.78 is 16.1. The minimum absolute atomic E-state index is 0.225. The Kier molecular flexibility index (Phi) is 3.36. The van der Waals surface area contributed by atoms with Crippen LogP contribution in [0.1, 0.15) is 11.6 Å². The van der Waals surface area contributed by atoms with Gasteiger partial charge in [0.25, 0.3) is 0 Å². The van der Waals surface area contributed by atoms with Crippen LogP contribution in [0.3, 0.4) is 0 Å². The van der Waals surface area contributed by atoms with Gasteiger partial charge in [-0.05, 0) is 17.7 Å². The van der Waals surface area contributed by atoms with Gasteiger partial charge in [0.2, 0.25) is 6.79 Å². The van der Waals surface area contributed by atoms with Crippen LogP contribution in [-0.2, 0) is 4.74 Å². The number of hydrogen-bond donors (Lipinski definition) is 1. The van der Waals surface area contributed by atoms with E-state index in [2.05, 4.69) is 11.0 Å². The molecule has 0 bridgehead atoms. The Morgan fingerprint density at radius 3 is 2.72 bits per heavy atom. The van der Waals surface area contributed by atoms with Gasteiger partial charge in [-0.15, -0.1) is 0 Å². The van der Waals surface area contributed by atoms with Crippen LogP contribution >= 0.6 is 0 Å². The average Bonchev–Trinajstić information content (AvgIpc) is 2.88. The third-order valence-corrected chi connectivity index (χ3v) is 3.49. The Morgan fingerprint density at radius 1 is 1.17 bits per heavy atom. The number of ether oxygens (including phenoxy) is 3. The van der Waals surface area contributed by atoms with Crippen molar-refractivity contribution in [3.05, 3.63) is 23.8 Å². The molecule has 2 N–H and O–H groups in total. The van der Waals surface area contributed by atoms with E-state index in [1.165, 1.54) is 5.56 Å². The third-order valence-electron chi connectivity index (χ3n) is 3.49. The molecule has 1 atom stereocenters. The van der Waals surface area contributed by atoms with Gasteiger partial charge in [0, 0.05) is 25.7 Å². The summed E-state index contributed by atoms with van der Waals surface area (Å²) in [4.78, 5) is 2.36. The maximum absolute atomic E-state index is 5.93. The highest BCUT2D eigenvalue weighted by Crippen LogP contribution is 2.35. The predicted molar refractivity (Wildman–Crippen MR) is 66.8 cm³/mol. The van der Waals surface area contributed by atoms with Crippen LogP contribution in [0.2, 0.25) is 0 Å². The molecule has 0 aliphatic carbocycles. The fraction of sp³-hybridized carbons (Fsp3) is 0.538. The van der Waals surface area contributed by atoms with Crippen molar-refractivity contribution < 1.29 is 14.2 Å². The van der Waals surface area contributed by atoms with E-state index in [0.29, 0.717) is 13.3 Å². The predicted octanol–water partition coefficient (Wildman–Crippen LogP) is 0.747. The molecule has 3 rings (SSSR count). The minimum atomic E-state index is 0.225. The van der Waals surface area contributed by atoms with Crippen molar-refractivity contribution in [3.8, 4) is 11.5 Å². The van der Waals surface area contributed by atoms with E-state index in [-0.39, 0.29) is 6.04 Å². The van der Waals surface area contributed by atoms with E-state index in [4.69, 9.17) is 19.9 Å². The van der Waals surface area contributed by atoms with Crippen LogP contribution in [-0.4, -0.2) is 44.5 Å². The molecule has 98 valence electrons. The molecule has 2 heterocycles. The Morgan fingerprint density at radius 2 is 1.94 bits per heavy atom. The molecule has 1 aromatic rings. The van der Waals surface area contributed by atoms with E-state index in [1.54, 1.807) is 0 Å². The lowest BCUT2D eigenvalue weighted by molar-refractivity contribution is 0.0178. The van der Waals surface area contributed by atoms with Crippen molar-refractivity contribution in [2.24, 2.45) is 5.73 Å². The summed E-state index contributed by atoms with van der Waals surface area (Å²) in [6.07, 6.45) is 0. The number of hydrogen-bond acceptors (Lipinski definition) is 5. The molecule has 1 aromatic carbocycles. The van der Waals surface area contributed by atoms with Crippen molar-refractivity contribution in [1.29, 1.82) is 0 Å². The maximum Gasteiger partial charge on any atom is 0.231 e. The highest BCUT2D eigenvalue weighted by Gasteiger charge is 2.23. The second-order valence-corrected chi connectivity index (χ2v) is 4.51. The lowest BCUT2D eigenvalue weighted by atomic mass is 10.0. The molecule has 5 nitrogen and oxygen atoms in total. The van der Waals surface area contributed by atoms with Crippen LogP contribution in [0.25, 0.3) is 0 Å². The molecule has 0 aromatic heterocycles. The number of benzene rings is 1. The smallest absolute Gasteiger partial charge is 0.231 e. The fourth-order valence-electron chi connectivity index (χ4n) is 2.51. The normalized spacial score (nSPS) is 20.9. The molecule has 1 saturated heterocycles. The maximum atomic E-state index is 5.93. The Labute approximate surface area is 106 Å². The molecule has 0 saturated carbocycles. The van der Waals surface area contributed by atoms with Gasteiger partial charge in [-0.3, -0.25) is 4.90 Å². The minimum Gasteiger partial charge on any atom is -0.454 e. The van der Waals surface area contributed by atoms with Gasteiger partial charge in [0.15, 0.2) is 11.5 Å². The van der Waals surface area contributed by atoms with Crippen molar-refractivity contribution in [1.82, 2.24) is 4.90 Å². The summed E-state index contributed by atoms with van der Waals surface area (Å²) in [5.41, 5.74) is 7.11. The topological polar surface area (TPSA) is 57.0 Å². The molecular weight excluding hydrogens is 232 g/mol. The van der Waals surface area contributed by atoms with Gasteiger partial charge < -0.3 is 19.9 Å². The first-order valence-electron chi connectivity index (χ1n) is 6.30. The van der Waals surface area contributed by atoms with Gasteiger partial charge >= 0.3 is 0 Å². The van der Waals surface area contributed by atoms with Crippen LogP contribution in [0.4, 0.5) is 0 Å². The Bertz CT molecular complexity index is 419. The fourth-order valence-corrected chi connectivity index (χ4v) is 2.51. The number of morpholine rings is 1. The van der Waals surface area contributed by atoms with Crippen LogP contribution in [0.5, 0.6) is 11.5 Å². The number of nitrogens with zero attached hydrogens (tertiary/aromatic N) is 1. The largest absolute Gasteiger partial charge is 0.454 e. The van der Waals surface area contributed by atoms with E-state index < -0.39 is 0 Å². The molecule has 0 radical (unpaired) electrons. The van der Waals surface area contributed by atoms with E-state index in [0.717, 1.165) is 37.8 Å². The van der Waals surface area contributed by atoms with E-state index >= 15 is 0 Å². The van der Waals surface area contributed by atoms with Crippen molar-refractivity contribution in [2.45, 2.75) is 6.04 Å².